The molecule has 0 aliphatic rings. The first-order chi connectivity index (χ1) is 8.13. The zero-order chi connectivity index (χ0) is 12.4. The lowest BCUT2D eigenvalue weighted by atomic mass is 10.3. The Morgan fingerprint density at radius 1 is 1.59 bits per heavy atom. The van der Waals surface area contributed by atoms with Gasteiger partial charge in [0.15, 0.2) is 0 Å². The first kappa shape index (κ1) is 11.8. The number of nitro benzene ring substituents is 1. The van der Waals surface area contributed by atoms with Gasteiger partial charge in [-0.1, -0.05) is 0 Å². The van der Waals surface area contributed by atoms with Crippen LogP contribution in [0.3, 0.4) is 0 Å². The molecule has 1 aromatic heterocycles. The van der Waals surface area contributed by atoms with E-state index in [2.05, 4.69) is 4.98 Å². The fourth-order valence-corrected chi connectivity index (χ4v) is 1.86. The van der Waals surface area contributed by atoms with E-state index in [1.807, 2.05) is 0 Å². The SMILES string of the molecule is COCCn1c(Cl)nc2cc([N+](=O)[O-])ccc21. The lowest BCUT2D eigenvalue weighted by Gasteiger charge is -2.03. The standard InChI is InChI=1S/C10H10ClN3O3/c1-17-5-4-13-9-3-2-7(14(15)16)6-8(9)12-10(13)11/h2-3,6H,4-5H2,1H3. The predicted octanol–water partition coefficient (Wildman–Crippen LogP) is 2.24. The molecule has 0 unspecified atom stereocenters. The van der Waals surface area contributed by atoms with E-state index in [-0.39, 0.29) is 5.69 Å². The molecule has 0 radical (unpaired) electrons. The van der Waals surface area contributed by atoms with Gasteiger partial charge in [0.1, 0.15) is 0 Å². The lowest BCUT2D eigenvalue weighted by Crippen LogP contribution is -2.03. The third-order valence-electron chi connectivity index (χ3n) is 2.42. The highest BCUT2D eigenvalue weighted by Gasteiger charge is 2.13. The predicted molar refractivity (Wildman–Crippen MR) is 63.3 cm³/mol. The topological polar surface area (TPSA) is 70.2 Å². The van der Waals surface area contributed by atoms with Crippen LogP contribution in [0.1, 0.15) is 0 Å². The summed E-state index contributed by atoms with van der Waals surface area (Å²) in [6.07, 6.45) is 0. The summed E-state index contributed by atoms with van der Waals surface area (Å²) in [4.78, 5) is 14.2. The van der Waals surface area contributed by atoms with Crippen LogP contribution in [0, 0.1) is 10.1 Å². The maximum atomic E-state index is 10.6. The van der Waals surface area contributed by atoms with Crippen molar-refractivity contribution in [1.29, 1.82) is 0 Å². The maximum Gasteiger partial charge on any atom is 0.271 e. The van der Waals surface area contributed by atoms with Gasteiger partial charge in [0.2, 0.25) is 5.28 Å². The van der Waals surface area contributed by atoms with Gasteiger partial charge in [0, 0.05) is 25.8 Å². The molecule has 0 atom stereocenters. The van der Waals surface area contributed by atoms with E-state index in [0.717, 1.165) is 5.52 Å². The fraction of sp³-hybridized carbons (Fsp3) is 0.300. The molecule has 1 heterocycles. The number of imidazole rings is 1. The second-order valence-electron chi connectivity index (χ2n) is 3.46. The lowest BCUT2D eigenvalue weighted by molar-refractivity contribution is -0.384. The molecule has 2 rings (SSSR count). The van der Waals surface area contributed by atoms with Crippen LogP contribution in [0.4, 0.5) is 5.69 Å². The minimum Gasteiger partial charge on any atom is -0.383 e. The van der Waals surface area contributed by atoms with Crippen molar-refractivity contribution in [3.8, 4) is 0 Å². The molecule has 2 aromatic rings. The zero-order valence-electron chi connectivity index (χ0n) is 9.09. The molecular formula is C10H10ClN3O3. The van der Waals surface area contributed by atoms with Crippen molar-refractivity contribution in [2.75, 3.05) is 13.7 Å². The molecule has 0 aliphatic carbocycles. The maximum absolute atomic E-state index is 10.6. The molecule has 0 bridgehead atoms. The Kier molecular flexibility index (Phi) is 3.26. The Morgan fingerprint density at radius 2 is 2.35 bits per heavy atom. The van der Waals surface area contributed by atoms with Crippen LogP contribution in [0.2, 0.25) is 5.28 Å². The summed E-state index contributed by atoms with van der Waals surface area (Å²) in [5.41, 5.74) is 1.28. The number of rotatable bonds is 4. The molecule has 0 fully saturated rings. The van der Waals surface area contributed by atoms with Crippen molar-refractivity contribution >= 4 is 28.3 Å². The highest BCUT2D eigenvalue weighted by Crippen LogP contribution is 2.23. The molecular weight excluding hydrogens is 246 g/mol. The average molecular weight is 256 g/mol. The molecule has 6 nitrogen and oxygen atoms in total. The Bertz CT molecular complexity index is 567. The highest BCUT2D eigenvalue weighted by molar-refractivity contribution is 6.29. The molecule has 0 aliphatic heterocycles. The van der Waals surface area contributed by atoms with E-state index in [4.69, 9.17) is 16.3 Å². The summed E-state index contributed by atoms with van der Waals surface area (Å²) >= 11 is 5.96. The van der Waals surface area contributed by atoms with Gasteiger partial charge in [-0.05, 0) is 17.7 Å². The van der Waals surface area contributed by atoms with Crippen LogP contribution >= 0.6 is 11.6 Å². The Labute approximate surface area is 102 Å². The summed E-state index contributed by atoms with van der Waals surface area (Å²) in [7, 11) is 1.60. The van der Waals surface area contributed by atoms with Crippen molar-refractivity contribution < 1.29 is 9.66 Å². The third-order valence-corrected chi connectivity index (χ3v) is 2.70. The molecule has 17 heavy (non-hydrogen) atoms. The van der Waals surface area contributed by atoms with Crippen LogP contribution in [0.15, 0.2) is 18.2 Å². The van der Waals surface area contributed by atoms with Crippen LogP contribution in [-0.2, 0) is 11.3 Å². The van der Waals surface area contributed by atoms with E-state index in [1.165, 1.54) is 12.1 Å². The number of nitro groups is 1. The van der Waals surface area contributed by atoms with Crippen LogP contribution in [0.5, 0.6) is 0 Å². The zero-order valence-corrected chi connectivity index (χ0v) is 9.85. The first-order valence-corrected chi connectivity index (χ1v) is 5.30. The van der Waals surface area contributed by atoms with Crippen molar-refractivity contribution in [3.63, 3.8) is 0 Å². The van der Waals surface area contributed by atoms with Crippen molar-refractivity contribution in [2.45, 2.75) is 6.54 Å². The van der Waals surface area contributed by atoms with Crippen LogP contribution < -0.4 is 0 Å². The minimum atomic E-state index is -0.457. The summed E-state index contributed by atoms with van der Waals surface area (Å²) in [6.45, 7) is 1.06. The highest BCUT2D eigenvalue weighted by atomic mass is 35.5. The smallest absolute Gasteiger partial charge is 0.271 e. The van der Waals surface area contributed by atoms with Gasteiger partial charge in [-0.2, -0.15) is 0 Å². The third kappa shape index (κ3) is 2.22. The Morgan fingerprint density at radius 3 is 3.00 bits per heavy atom. The van der Waals surface area contributed by atoms with E-state index in [0.29, 0.717) is 24.0 Å². The van der Waals surface area contributed by atoms with E-state index in [9.17, 15) is 10.1 Å². The quantitative estimate of drug-likeness (QED) is 0.621. The average Bonchev–Trinajstić information content (AvgIpc) is 2.61. The molecule has 0 saturated carbocycles. The molecule has 0 saturated heterocycles. The first-order valence-electron chi connectivity index (χ1n) is 4.92. The number of methoxy groups -OCH3 is 1. The normalized spacial score (nSPS) is 10.9. The minimum absolute atomic E-state index is 0.00515. The van der Waals surface area contributed by atoms with Crippen molar-refractivity contribution in [2.24, 2.45) is 0 Å². The molecule has 0 N–H and O–H groups in total. The fourth-order valence-electron chi connectivity index (χ4n) is 1.60. The number of aromatic nitrogens is 2. The van der Waals surface area contributed by atoms with Gasteiger partial charge < -0.3 is 9.30 Å². The Balaban J connectivity index is 2.48. The molecule has 0 spiro atoms. The summed E-state index contributed by atoms with van der Waals surface area (Å²) < 4.78 is 6.72. The monoisotopic (exact) mass is 255 g/mol. The summed E-state index contributed by atoms with van der Waals surface area (Å²) in [5, 5.41) is 10.9. The van der Waals surface area contributed by atoms with E-state index in [1.54, 1.807) is 17.7 Å². The van der Waals surface area contributed by atoms with Gasteiger partial charge in [0.05, 0.1) is 22.6 Å². The second kappa shape index (κ2) is 4.68. The largest absolute Gasteiger partial charge is 0.383 e. The number of ether oxygens (including phenoxy) is 1. The molecule has 0 amide bonds. The second-order valence-corrected chi connectivity index (χ2v) is 3.79. The van der Waals surface area contributed by atoms with Gasteiger partial charge in [-0.25, -0.2) is 4.98 Å². The van der Waals surface area contributed by atoms with E-state index < -0.39 is 4.92 Å². The van der Waals surface area contributed by atoms with Gasteiger partial charge in [0.25, 0.3) is 5.69 Å². The van der Waals surface area contributed by atoms with Gasteiger partial charge >= 0.3 is 0 Å². The molecule has 1 aromatic carbocycles. The number of nitrogens with zero attached hydrogens (tertiary/aromatic N) is 3. The molecule has 90 valence electrons. The van der Waals surface area contributed by atoms with Crippen LogP contribution in [0.25, 0.3) is 11.0 Å². The van der Waals surface area contributed by atoms with Gasteiger partial charge in [-0.15, -0.1) is 0 Å². The van der Waals surface area contributed by atoms with Crippen molar-refractivity contribution in [1.82, 2.24) is 9.55 Å². The van der Waals surface area contributed by atoms with Gasteiger partial charge in [-0.3, -0.25) is 10.1 Å². The number of fused-ring (bicyclic) bond motifs is 1. The number of hydrogen-bond donors (Lipinski definition) is 0. The Hall–Kier alpha value is -1.66. The number of benzene rings is 1. The number of hydrogen-bond acceptors (Lipinski definition) is 4. The molecule has 7 heteroatoms. The number of non-ortho nitro benzene ring substituents is 1. The summed E-state index contributed by atoms with van der Waals surface area (Å²) in [5.74, 6) is 0. The van der Waals surface area contributed by atoms with Crippen LogP contribution in [-0.4, -0.2) is 28.2 Å². The summed E-state index contributed by atoms with van der Waals surface area (Å²) in [6, 6.07) is 4.48. The van der Waals surface area contributed by atoms with Crippen molar-refractivity contribution in [3.05, 3.63) is 33.6 Å². The van der Waals surface area contributed by atoms with E-state index >= 15 is 0 Å². The number of halogens is 1.